The SMILES string of the molecule is COCC(CO)(CO)COCC(COC)(COC)COC. The number of hydrogen-bond donors (Lipinski definition) is 2. The Morgan fingerprint density at radius 1 is 0.571 bits per heavy atom. The van der Waals surface area contributed by atoms with Crippen LogP contribution in [0.2, 0.25) is 0 Å². The van der Waals surface area contributed by atoms with Gasteiger partial charge in [-0.05, 0) is 0 Å². The van der Waals surface area contributed by atoms with E-state index in [1.807, 2.05) is 0 Å². The van der Waals surface area contributed by atoms with Gasteiger partial charge in [-0.2, -0.15) is 0 Å². The average Bonchev–Trinajstić information content (AvgIpc) is 2.47. The molecule has 0 aliphatic heterocycles. The molecule has 2 N–H and O–H groups in total. The second-order valence-corrected chi connectivity index (χ2v) is 5.54. The third kappa shape index (κ3) is 7.01. The van der Waals surface area contributed by atoms with Crippen LogP contribution < -0.4 is 0 Å². The Balaban J connectivity index is 4.64. The van der Waals surface area contributed by atoms with Crippen molar-refractivity contribution in [1.29, 1.82) is 0 Å². The predicted molar refractivity (Wildman–Crippen MR) is 77.4 cm³/mol. The molecule has 0 rings (SSSR count). The zero-order valence-corrected chi connectivity index (χ0v) is 13.6. The molecule has 21 heavy (non-hydrogen) atoms. The average molecular weight is 310 g/mol. The largest absolute Gasteiger partial charge is 0.396 e. The Kier molecular flexibility index (Phi) is 11.2. The van der Waals surface area contributed by atoms with E-state index < -0.39 is 10.8 Å². The Bertz CT molecular complexity index is 226. The molecule has 0 aromatic carbocycles. The van der Waals surface area contributed by atoms with Gasteiger partial charge in [-0.15, -0.1) is 0 Å². The summed E-state index contributed by atoms with van der Waals surface area (Å²) in [6, 6.07) is 0. The summed E-state index contributed by atoms with van der Waals surface area (Å²) >= 11 is 0. The minimum absolute atomic E-state index is 0.173. The van der Waals surface area contributed by atoms with Crippen LogP contribution in [0.5, 0.6) is 0 Å². The van der Waals surface area contributed by atoms with E-state index in [2.05, 4.69) is 0 Å². The Labute approximate surface area is 127 Å². The van der Waals surface area contributed by atoms with Crippen LogP contribution in [-0.4, -0.2) is 91.5 Å². The maximum Gasteiger partial charge on any atom is 0.0637 e. The molecule has 0 saturated carbocycles. The second-order valence-electron chi connectivity index (χ2n) is 5.54. The van der Waals surface area contributed by atoms with Gasteiger partial charge in [-0.3, -0.25) is 0 Å². The second kappa shape index (κ2) is 11.3. The van der Waals surface area contributed by atoms with Gasteiger partial charge in [0.25, 0.3) is 0 Å². The topological polar surface area (TPSA) is 86.6 Å². The van der Waals surface area contributed by atoms with Crippen LogP contribution in [0.25, 0.3) is 0 Å². The molecule has 0 bridgehead atoms. The van der Waals surface area contributed by atoms with Crippen molar-refractivity contribution < 1.29 is 33.9 Å². The van der Waals surface area contributed by atoms with Crippen molar-refractivity contribution in [3.63, 3.8) is 0 Å². The molecule has 0 aromatic heterocycles. The first-order chi connectivity index (χ1) is 10.1. The van der Waals surface area contributed by atoms with Crippen molar-refractivity contribution in [3.05, 3.63) is 0 Å². The lowest BCUT2D eigenvalue weighted by molar-refractivity contribution is -0.118. The van der Waals surface area contributed by atoms with Crippen molar-refractivity contribution in [1.82, 2.24) is 0 Å². The Morgan fingerprint density at radius 2 is 0.905 bits per heavy atom. The lowest BCUT2D eigenvalue weighted by Gasteiger charge is -2.34. The molecule has 0 aromatic rings. The maximum atomic E-state index is 9.45. The van der Waals surface area contributed by atoms with Crippen LogP contribution in [0.3, 0.4) is 0 Å². The molecule has 0 fully saturated rings. The number of rotatable bonds is 14. The van der Waals surface area contributed by atoms with Crippen LogP contribution in [0.4, 0.5) is 0 Å². The van der Waals surface area contributed by atoms with Crippen molar-refractivity contribution in [2.75, 3.05) is 81.3 Å². The molecule has 0 radical (unpaired) electrons. The highest BCUT2D eigenvalue weighted by Gasteiger charge is 2.34. The number of aliphatic hydroxyl groups is 2. The van der Waals surface area contributed by atoms with E-state index in [4.69, 9.17) is 23.7 Å². The zero-order valence-electron chi connectivity index (χ0n) is 13.6. The van der Waals surface area contributed by atoms with E-state index in [0.29, 0.717) is 26.4 Å². The van der Waals surface area contributed by atoms with Crippen molar-refractivity contribution in [3.8, 4) is 0 Å². The van der Waals surface area contributed by atoms with E-state index >= 15 is 0 Å². The molecule has 0 amide bonds. The highest BCUT2D eigenvalue weighted by atomic mass is 16.5. The molecule has 0 spiro atoms. The Hall–Kier alpha value is -0.280. The van der Waals surface area contributed by atoms with Gasteiger partial charge >= 0.3 is 0 Å². The van der Waals surface area contributed by atoms with Gasteiger partial charge in [0.05, 0.1) is 63.7 Å². The maximum absolute atomic E-state index is 9.45. The molecule has 0 atom stereocenters. The van der Waals surface area contributed by atoms with Crippen molar-refractivity contribution >= 4 is 0 Å². The van der Waals surface area contributed by atoms with Gasteiger partial charge in [0, 0.05) is 28.4 Å². The molecule has 0 saturated heterocycles. The number of methoxy groups -OCH3 is 4. The van der Waals surface area contributed by atoms with Crippen LogP contribution in [0, 0.1) is 10.8 Å². The third-order valence-corrected chi connectivity index (χ3v) is 3.29. The van der Waals surface area contributed by atoms with Crippen molar-refractivity contribution in [2.45, 2.75) is 0 Å². The lowest BCUT2D eigenvalue weighted by atomic mass is 9.90. The van der Waals surface area contributed by atoms with Gasteiger partial charge in [0.15, 0.2) is 0 Å². The van der Waals surface area contributed by atoms with Crippen molar-refractivity contribution in [2.24, 2.45) is 10.8 Å². The molecule has 0 aliphatic carbocycles. The highest BCUT2D eigenvalue weighted by molar-refractivity contribution is 4.81. The highest BCUT2D eigenvalue weighted by Crippen LogP contribution is 2.23. The third-order valence-electron chi connectivity index (χ3n) is 3.29. The zero-order chi connectivity index (χ0) is 16.2. The fraction of sp³-hybridized carbons (Fsp3) is 1.00. The van der Waals surface area contributed by atoms with Crippen LogP contribution >= 0.6 is 0 Å². The summed E-state index contributed by atoms with van der Waals surface area (Å²) < 4.78 is 26.5. The summed E-state index contributed by atoms with van der Waals surface area (Å²) in [6.07, 6.45) is 0. The van der Waals surface area contributed by atoms with E-state index in [1.165, 1.54) is 7.11 Å². The summed E-state index contributed by atoms with van der Waals surface area (Å²) in [4.78, 5) is 0. The first-order valence-electron chi connectivity index (χ1n) is 6.83. The summed E-state index contributed by atoms with van der Waals surface area (Å²) in [6.45, 7) is 1.54. The fourth-order valence-electron chi connectivity index (χ4n) is 2.23. The van der Waals surface area contributed by atoms with E-state index in [1.54, 1.807) is 21.3 Å². The number of hydrogen-bond acceptors (Lipinski definition) is 7. The molecule has 0 unspecified atom stereocenters. The Morgan fingerprint density at radius 3 is 1.24 bits per heavy atom. The minimum atomic E-state index is -0.812. The monoisotopic (exact) mass is 310 g/mol. The van der Waals surface area contributed by atoms with Gasteiger partial charge < -0.3 is 33.9 Å². The molecular weight excluding hydrogens is 280 g/mol. The molecule has 128 valence electrons. The van der Waals surface area contributed by atoms with E-state index in [0.717, 1.165) is 0 Å². The molecule has 0 heterocycles. The first-order valence-corrected chi connectivity index (χ1v) is 6.83. The molecule has 7 heteroatoms. The van der Waals surface area contributed by atoms with E-state index in [9.17, 15) is 10.2 Å². The van der Waals surface area contributed by atoms with Crippen LogP contribution in [0.1, 0.15) is 0 Å². The van der Waals surface area contributed by atoms with Gasteiger partial charge in [0.2, 0.25) is 0 Å². The predicted octanol–water partition coefficient (Wildman–Crippen LogP) is -0.454. The van der Waals surface area contributed by atoms with E-state index in [-0.39, 0.29) is 26.4 Å². The molecular formula is C14H30O7. The number of aliphatic hydroxyl groups excluding tert-OH is 2. The normalized spacial score (nSPS) is 12.9. The fourth-order valence-corrected chi connectivity index (χ4v) is 2.23. The summed E-state index contributed by atoms with van der Waals surface area (Å²) in [5.41, 5.74) is -1.24. The quantitative estimate of drug-likeness (QED) is 0.449. The van der Waals surface area contributed by atoms with Gasteiger partial charge in [-0.25, -0.2) is 0 Å². The van der Waals surface area contributed by atoms with Gasteiger partial charge in [0.1, 0.15) is 0 Å². The van der Waals surface area contributed by atoms with Crippen LogP contribution in [0.15, 0.2) is 0 Å². The summed E-state index contributed by atoms with van der Waals surface area (Å²) in [5.74, 6) is 0. The summed E-state index contributed by atoms with van der Waals surface area (Å²) in [5, 5.41) is 18.9. The molecule has 0 aliphatic rings. The smallest absolute Gasteiger partial charge is 0.0637 e. The summed E-state index contributed by atoms with van der Waals surface area (Å²) in [7, 11) is 6.34. The minimum Gasteiger partial charge on any atom is -0.396 e. The first kappa shape index (κ1) is 20.7. The molecule has 7 nitrogen and oxygen atoms in total. The van der Waals surface area contributed by atoms with Crippen LogP contribution in [-0.2, 0) is 23.7 Å². The van der Waals surface area contributed by atoms with Gasteiger partial charge in [-0.1, -0.05) is 0 Å². The number of ether oxygens (including phenoxy) is 5. The standard InChI is InChI=1S/C14H30O7/c1-17-7-13(5-15,6-16)11-21-12-14(8-18-2,9-19-3)10-20-4/h15-16H,5-12H2,1-4H3. The lowest BCUT2D eigenvalue weighted by Crippen LogP contribution is -2.44.